The van der Waals surface area contributed by atoms with Gasteiger partial charge in [0.1, 0.15) is 12.4 Å². The van der Waals surface area contributed by atoms with E-state index in [9.17, 15) is 18.0 Å². The normalized spacial score (nSPS) is 11.5. The molecule has 0 radical (unpaired) electrons. The van der Waals surface area contributed by atoms with Gasteiger partial charge in [-0.2, -0.15) is 13.2 Å². The van der Waals surface area contributed by atoms with Gasteiger partial charge in [0.15, 0.2) is 0 Å². The van der Waals surface area contributed by atoms with Gasteiger partial charge in [-0.15, -0.1) is 0 Å². The number of carbonyl (C=O) groups is 1. The second-order valence-electron chi connectivity index (χ2n) is 3.60. The monoisotopic (exact) mass is 265 g/mol. The van der Waals surface area contributed by atoms with E-state index in [4.69, 9.17) is 4.42 Å². The summed E-state index contributed by atoms with van der Waals surface area (Å²) in [6, 6.07) is 3.47. The summed E-state index contributed by atoms with van der Waals surface area (Å²) in [5.41, 5.74) is 0. The fourth-order valence-corrected chi connectivity index (χ4v) is 1.23. The van der Waals surface area contributed by atoms with Crippen molar-refractivity contribution >= 4 is 5.91 Å². The van der Waals surface area contributed by atoms with Gasteiger partial charge in [-0.25, -0.2) is 0 Å². The highest BCUT2D eigenvalue weighted by atomic mass is 19.4. The van der Waals surface area contributed by atoms with Gasteiger partial charge in [0.25, 0.3) is 0 Å². The molecule has 1 amide bonds. The van der Waals surface area contributed by atoms with Crippen LogP contribution < -0.4 is 5.32 Å². The Balaban J connectivity index is 2.00. The highest BCUT2D eigenvalue weighted by Crippen LogP contribution is 2.13. The Morgan fingerprint density at radius 1 is 1.44 bits per heavy atom. The molecule has 0 fully saturated rings. The Kier molecular flexibility index (Phi) is 5.70. The van der Waals surface area contributed by atoms with Crippen molar-refractivity contribution in [2.75, 3.05) is 19.8 Å². The van der Waals surface area contributed by atoms with Crippen LogP contribution in [0.2, 0.25) is 0 Å². The van der Waals surface area contributed by atoms with Crippen LogP contribution in [0.4, 0.5) is 13.2 Å². The van der Waals surface area contributed by atoms with Gasteiger partial charge >= 0.3 is 6.18 Å². The van der Waals surface area contributed by atoms with Crippen LogP contribution in [0.1, 0.15) is 12.2 Å². The molecule has 1 heterocycles. The number of ether oxygens (including phenoxy) is 1. The summed E-state index contributed by atoms with van der Waals surface area (Å²) in [4.78, 5) is 11.3. The molecule has 0 aliphatic rings. The average Bonchev–Trinajstić information content (AvgIpc) is 2.77. The van der Waals surface area contributed by atoms with E-state index in [0.29, 0.717) is 12.2 Å². The highest BCUT2D eigenvalue weighted by Gasteiger charge is 2.27. The minimum absolute atomic E-state index is 0.0626. The minimum atomic E-state index is -4.33. The van der Waals surface area contributed by atoms with E-state index >= 15 is 0 Å². The SMILES string of the molecule is O=C(CCc1ccco1)NCCOCC(F)(F)F. The molecule has 7 heteroatoms. The second-order valence-corrected chi connectivity index (χ2v) is 3.60. The zero-order valence-electron chi connectivity index (χ0n) is 9.63. The molecule has 0 spiro atoms. The molecular formula is C11H14F3NO3. The average molecular weight is 265 g/mol. The van der Waals surface area contributed by atoms with E-state index in [2.05, 4.69) is 10.1 Å². The Labute approximate surface area is 102 Å². The van der Waals surface area contributed by atoms with Crippen molar-refractivity contribution in [2.45, 2.75) is 19.0 Å². The summed E-state index contributed by atoms with van der Waals surface area (Å²) in [6.07, 6.45) is -2.13. The Bertz CT molecular complexity index is 349. The Hall–Kier alpha value is -1.50. The zero-order chi connectivity index (χ0) is 13.4. The van der Waals surface area contributed by atoms with Crippen molar-refractivity contribution in [3.8, 4) is 0 Å². The first-order valence-electron chi connectivity index (χ1n) is 5.41. The first-order valence-corrected chi connectivity index (χ1v) is 5.41. The molecule has 1 N–H and O–H groups in total. The Morgan fingerprint density at radius 2 is 2.22 bits per heavy atom. The lowest BCUT2D eigenvalue weighted by Crippen LogP contribution is -2.29. The number of hydrogen-bond acceptors (Lipinski definition) is 3. The third-order valence-corrected chi connectivity index (χ3v) is 2.01. The number of carbonyl (C=O) groups excluding carboxylic acids is 1. The van der Waals surface area contributed by atoms with Crippen LogP contribution in [0.25, 0.3) is 0 Å². The van der Waals surface area contributed by atoms with Crippen molar-refractivity contribution < 1.29 is 27.1 Å². The molecule has 102 valence electrons. The lowest BCUT2D eigenvalue weighted by Gasteiger charge is -2.08. The van der Waals surface area contributed by atoms with E-state index in [1.54, 1.807) is 12.1 Å². The van der Waals surface area contributed by atoms with Crippen LogP contribution in [0, 0.1) is 0 Å². The number of alkyl halides is 3. The first-order chi connectivity index (χ1) is 8.47. The smallest absolute Gasteiger partial charge is 0.411 e. The number of halogens is 3. The van der Waals surface area contributed by atoms with Crippen LogP contribution in [-0.4, -0.2) is 31.8 Å². The molecule has 18 heavy (non-hydrogen) atoms. The summed E-state index contributed by atoms with van der Waals surface area (Å²) in [5, 5.41) is 2.46. The van der Waals surface area contributed by atoms with Gasteiger partial charge in [-0.05, 0) is 12.1 Å². The van der Waals surface area contributed by atoms with Gasteiger partial charge < -0.3 is 14.5 Å². The van der Waals surface area contributed by atoms with Crippen molar-refractivity contribution in [1.29, 1.82) is 0 Å². The molecule has 1 rings (SSSR count). The van der Waals surface area contributed by atoms with E-state index in [0.717, 1.165) is 0 Å². The number of rotatable bonds is 7. The van der Waals surface area contributed by atoms with Gasteiger partial charge in [-0.3, -0.25) is 4.79 Å². The summed E-state index contributed by atoms with van der Waals surface area (Å²) < 4.78 is 44.5. The summed E-state index contributed by atoms with van der Waals surface area (Å²) in [7, 11) is 0. The maximum atomic E-state index is 11.7. The van der Waals surface area contributed by atoms with E-state index in [1.165, 1.54) is 6.26 Å². The number of nitrogens with one attached hydrogen (secondary N) is 1. The third-order valence-electron chi connectivity index (χ3n) is 2.01. The molecule has 0 aliphatic carbocycles. The molecule has 0 saturated heterocycles. The molecule has 0 unspecified atom stereocenters. The minimum Gasteiger partial charge on any atom is -0.469 e. The maximum Gasteiger partial charge on any atom is 0.411 e. The summed E-state index contributed by atoms with van der Waals surface area (Å²) in [6.45, 7) is -1.39. The molecule has 1 aromatic heterocycles. The third kappa shape index (κ3) is 6.95. The van der Waals surface area contributed by atoms with Gasteiger partial charge in [0.2, 0.25) is 5.91 Å². The molecule has 1 aromatic rings. The standard InChI is InChI=1S/C11H14F3NO3/c12-11(13,14)8-17-7-5-15-10(16)4-3-9-2-1-6-18-9/h1-2,6H,3-5,7-8H2,(H,15,16). The molecule has 0 aliphatic heterocycles. The van der Waals surface area contributed by atoms with Gasteiger partial charge in [0.05, 0.1) is 12.9 Å². The quantitative estimate of drug-likeness (QED) is 0.766. The number of hydrogen-bond donors (Lipinski definition) is 1. The molecule has 0 saturated carbocycles. The zero-order valence-corrected chi connectivity index (χ0v) is 9.63. The van der Waals surface area contributed by atoms with Crippen LogP contribution in [0.3, 0.4) is 0 Å². The summed E-state index contributed by atoms with van der Waals surface area (Å²) in [5.74, 6) is 0.445. The van der Waals surface area contributed by atoms with Crippen molar-refractivity contribution in [3.05, 3.63) is 24.2 Å². The Morgan fingerprint density at radius 3 is 2.83 bits per heavy atom. The lowest BCUT2D eigenvalue weighted by atomic mass is 10.2. The van der Waals surface area contributed by atoms with Crippen LogP contribution in [-0.2, 0) is 16.0 Å². The number of furan rings is 1. The molecule has 4 nitrogen and oxygen atoms in total. The number of aryl methyl sites for hydroxylation is 1. The largest absolute Gasteiger partial charge is 0.469 e. The number of amides is 1. The first kappa shape index (κ1) is 14.6. The second kappa shape index (κ2) is 7.05. The molecule has 0 bridgehead atoms. The molecule has 0 atom stereocenters. The van der Waals surface area contributed by atoms with Crippen LogP contribution in [0.5, 0.6) is 0 Å². The van der Waals surface area contributed by atoms with E-state index in [1.807, 2.05) is 0 Å². The van der Waals surface area contributed by atoms with Crippen molar-refractivity contribution in [3.63, 3.8) is 0 Å². The predicted octanol–water partition coefficient (Wildman–Crippen LogP) is 1.91. The predicted molar refractivity (Wildman–Crippen MR) is 56.9 cm³/mol. The molecule has 0 aromatic carbocycles. The maximum absolute atomic E-state index is 11.7. The molecular weight excluding hydrogens is 251 g/mol. The van der Waals surface area contributed by atoms with E-state index < -0.39 is 12.8 Å². The van der Waals surface area contributed by atoms with Crippen LogP contribution >= 0.6 is 0 Å². The summed E-state index contributed by atoms with van der Waals surface area (Å²) >= 11 is 0. The van der Waals surface area contributed by atoms with Crippen molar-refractivity contribution in [1.82, 2.24) is 5.32 Å². The lowest BCUT2D eigenvalue weighted by molar-refractivity contribution is -0.173. The van der Waals surface area contributed by atoms with Gasteiger partial charge in [0, 0.05) is 19.4 Å². The highest BCUT2D eigenvalue weighted by molar-refractivity contribution is 5.76. The topological polar surface area (TPSA) is 51.5 Å². The van der Waals surface area contributed by atoms with Gasteiger partial charge in [-0.1, -0.05) is 0 Å². The van der Waals surface area contributed by atoms with Crippen molar-refractivity contribution in [2.24, 2.45) is 0 Å². The fraction of sp³-hybridized carbons (Fsp3) is 0.545. The van der Waals surface area contributed by atoms with E-state index in [-0.39, 0.29) is 25.5 Å². The van der Waals surface area contributed by atoms with Crippen LogP contribution in [0.15, 0.2) is 22.8 Å². The fourth-order valence-electron chi connectivity index (χ4n) is 1.23.